The van der Waals surface area contributed by atoms with E-state index in [-0.39, 0.29) is 17.9 Å². The number of nitrogens with zero attached hydrogens (tertiary/aromatic N) is 3. The molecule has 0 bridgehead atoms. The number of hydrogen-bond acceptors (Lipinski definition) is 4. The minimum absolute atomic E-state index is 0.0674. The summed E-state index contributed by atoms with van der Waals surface area (Å²) in [6.45, 7) is 7.52. The van der Waals surface area contributed by atoms with Crippen LogP contribution in [0.1, 0.15) is 37.9 Å². The van der Waals surface area contributed by atoms with Crippen LogP contribution in [-0.2, 0) is 16.1 Å². The van der Waals surface area contributed by atoms with E-state index in [0.29, 0.717) is 29.7 Å². The quantitative estimate of drug-likeness (QED) is 0.420. The molecule has 174 valence electrons. The molecular weight excluding hydrogens is 438 g/mol. The predicted octanol–water partition coefficient (Wildman–Crippen LogP) is 5.79. The van der Waals surface area contributed by atoms with E-state index < -0.39 is 0 Å². The van der Waals surface area contributed by atoms with Gasteiger partial charge >= 0.3 is 0 Å². The monoisotopic (exact) mass is 467 g/mol. The summed E-state index contributed by atoms with van der Waals surface area (Å²) in [6, 6.07) is 17.1. The van der Waals surface area contributed by atoms with Crippen molar-refractivity contribution in [3.05, 3.63) is 70.9 Å². The molecule has 33 heavy (non-hydrogen) atoms. The molecule has 0 spiro atoms. The van der Waals surface area contributed by atoms with E-state index in [4.69, 9.17) is 26.2 Å². The molecule has 1 aliphatic heterocycles. The first-order chi connectivity index (χ1) is 15.9. The lowest BCUT2D eigenvalue weighted by atomic mass is 10.1. The summed E-state index contributed by atoms with van der Waals surface area (Å²) in [5.41, 5.74) is 2.58. The van der Waals surface area contributed by atoms with Gasteiger partial charge in [-0.05, 0) is 56.2 Å². The van der Waals surface area contributed by atoms with Gasteiger partial charge in [-0.3, -0.25) is 4.79 Å². The van der Waals surface area contributed by atoms with Crippen LogP contribution in [0.25, 0.3) is 5.69 Å². The lowest BCUT2D eigenvalue weighted by Crippen LogP contribution is -2.39. The molecule has 0 N–H and O–H groups in total. The topological polar surface area (TPSA) is 56.6 Å². The van der Waals surface area contributed by atoms with E-state index in [0.717, 1.165) is 36.4 Å². The van der Waals surface area contributed by atoms with Gasteiger partial charge in [-0.15, -0.1) is 0 Å². The number of ether oxygens (including phenoxy) is 2. The normalized spacial score (nSPS) is 15.7. The Kier molecular flexibility index (Phi) is 7.36. The largest absolute Gasteiger partial charge is 0.439 e. The molecule has 0 radical (unpaired) electrons. The lowest BCUT2D eigenvalue weighted by Gasteiger charge is -2.27. The van der Waals surface area contributed by atoms with Gasteiger partial charge in [-0.1, -0.05) is 43.6 Å². The van der Waals surface area contributed by atoms with Crippen LogP contribution in [0.2, 0.25) is 5.02 Å². The second kappa shape index (κ2) is 10.4. The van der Waals surface area contributed by atoms with Crippen molar-refractivity contribution < 1.29 is 14.3 Å². The third-order valence-corrected chi connectivity index (χ3v) is 6.02. The fraction of sp³-hybridized carbons (Fsp3) is 0.385. The van der Waals surface area contributed by atoms with Gasteiger partial charge in [0.15, 0.2) is 0 Å². The van der Waals surface area contributed by atoms with E-state index in [1.165, 1.54) is 0 Å². The highest BCUT2D eigenvalue weighted by molar-refractivity contribution is 6.30. The second-order valence-electron chi connectivity index (χ2n) is 8.68. The zero-order valence-corrected chi connectivity index (χ0v) is 20.1. The van der Waals surface area contributed by atoms with Gasteiger partial charge in [-0.2, -0.15) is 5.10 Å². The summed E-state index contributed by atoms with van der Waals surface area (Å²) in [5, 5.41) is 5.42. The van der Waals surface area contributed by atoms with Crippen LogP contribution >= 0.6 is 11.6 Å². The third-order valence-electron chi connectivity index (χ3n) is 5.77. The molecule has 1 saturated heterocycles. The number of aryl methyl sites for hydroxylation is 1. The smallest absolute Gasteiger partial charge is 0.227 e. The number of aromatic nitrogens is 2. The summed E-state index contributed by atoms with van der Waals surface area (Å²) in [4.78, 5) is 15.0. The Balaban J connectivity index is 1.72. The van der Waals surface area contributed by atoms with E-state index in [1.807, 2.05) is 68.1 Å². The third kappa shape index (κ3) is 5.57. The highest BCUT2D eigenvalue weighted by atomic mass is 35.5. The number of carbonyl (C=O) groups is 1. The van der Waals surface area contributed by atoms with Crippen molar-refractivity contribution in [1.82, 2.24) is 14.7 Å². The van der Waals surface area contributed by atoms with Crippen molar-refractivity contribution in [2.45, 2.75) is 46.3 Å². The summed E-state index contributed by atoms with van der Waals surface area (Å²) < 4.78 is 14.0. The van der Waals surface area contributed by atoms with Crippen LogP contribution in [0.15, 0.2) is 54.6 Å². The molecule has 1 atom stereocenters. The lowest BCUT2D eigenvalue weighted by molar-refractivity contribution is -0.136. The van der Waals surface area contributed by atoms with Crippen molar-refractivity contribution >= 4 is 17.5 Å². The van der Waals surface area contributed by atoms with Crippen LogP contribution in [0.5, 0.6) is 11.6 Å². The summed E-state index contributed by atoms with van der Waals surface area (Å²) in [6.07, 6.45) is 2.07. The van der Waals surface area contributed by atoms with E-state index in [1.54, 1.807) is 16.8 Å². The molecule has 3 aromatic rings. The number of rotatable bonds is 8. The minimum Gasteiger partial charge on any atom is -0.439 e. The molecule has 0 aliphatic carbocycles. The highest BCUT2D eigenvalue weighted by Crippen LogP contribution is 2.32. The maximum absolute atomic E-state index is 13.1. The van der Waals surface area contributed by atoms with Gasteiger partial charge in [0.1, 0.15) is 5.75 Å². The number of hydrogen-bond donors (Lipinski definition) is 0. The van der Waals surface area contributed by atoms with Gasteiger partial charge in [0.2, 0.25) is 11.8 Å². The molecule has 4 rings (SSSR count). The molecule has 1 amide bonds. The number of halogens is 1. The summed E-state index contributed by atoms with van der Waals surface area (Å²) in [5.74, 6) is 1.22. The first-order valence-corrected chi connectivity index (χ1v) is 11.8. The van der Waals surface area contributed by atoms with Crippen molar-refractivity contribution in [3.63, 3.8) is 0 Å². The maximum Gasteiger partial charge on any atom is 0.227 e. The molecule has 2 aromatic carbocycles. The standard InChI is InChI=1S/C26H30ClN3O3/c1-18(2)25(31)29(16-23-10-7-15-32-23)17-24-19(3)28-30(21-8-5-4-6-9-21)26(24)33-22-13-11-20(27)12-14-22/h4-6,8-9,11-14,18,23H,7,10,15-17H2,1-3H3/t23-/m1/s1. The molecule has 1 aromatic heterocycles. The van der Waals surface area contributed by atoms with Crippen molar-refractivity contribution in [1.29, 1.82) is 0 Å². The van der Waals surface area contributed by atoms with Gasteiger partial charge in [-0.25, -0.2) is 4.68 Å². The van der Waals surface area contributed by atoms with Crippen molar-refractivity contribution in [3.8, 4) is 17.3 Å². The SMILES string of the molecule is Cc1nn(-c2ccccc2)c(Oc2ccc(Cl)cc2)c1CN(C[C@H]1CCCO1)C(=O)C(C)C. The number of benzene rings is 2. The van der Waals surface area contributed by atoms with E-state index >= 15 is 0 Å². The molecule has 7 heteroatoms. The molecular formula is C26H30ClN3O3. The average Bonchev–Trinajstić information content (AvgIpc) is 3.43. The fourth-order valence-corrected chi connectivity index (χ4v) is 4.13. The van der Waals surface area contributed by atoms with Gasteiger partial charge in [0.05, 0.1) is 29.6 Å². The molecule has 2 heterocycles. The maximum atomic E-state index is 13.1. The first-order valence-electron chi connectivity index (χ1n) is 11.4. The Labute approximate surface area is 200 Å². The fourth-order valence-electron chi connectivity index (χ4n) is 4.01. The number of para-hydroxylation sites is 1. The minimum atomic E-state index is -0.114. The Morgan fingerprint density at radius 1 is 1.21 bits per heavy atom. The van der Waals surface area contributed by atoms with Crippen LogP contribution < -0.4 is 4.74 Å². The zero-order valence-electron chi connectivity index (χ0n) is 19.3. The Hall–Kier alpha value is -2.83. The number of carbonyl (C=O) groups excluding carboxylic acids is 1. The molecule has 0 saturated carbocycles. The molecule has 1 fully saturated rings. The Morgan fingerprint density at radius 3 is 2.58 bits per heavy atom. The van der Waals surface area contributed by atoms with Gasteiger partial charge in [0, 0.05) is 24.1 Å². The van der Waals surface area contributed by atoms with Crippen molar-refractivity contribution in [2.24, 2.45) is 5.92 Å². The van der Waals surface area contributed by atoms with Crippen LogP contribution in [0, 0.1) is 12.8 Å². The molecule has 0 unspecified atom stereocenters. The van der Waals surface area contributed by atoms with E-state index in [9.17, 15) is 4.79 Å². The Bertz CT molecular complexity index is 1070. The average molecular weight is 468 g/mol. The Morgan fingerprint density at radius 2 is 1.94 bits per heavy atom. The number of amides is 1. The molecule has 6 nitrogen and oxygen atoms in total. The van der Waals surface area contributed by atoms with Crippen LogP contribution in [0.4, 0.5) is 0 Å². The highest BCUT2D eigenvalue weighted by Gasteiger charge is 2.28. The van der Waals surface area contributed by atoms with Gasteiger partial charge < -0.3 is 14.4 Å². The van der Waals surface area contributed by atoms with E-state index in [2.05, 4.69) is 0 Å². The first kappa shape index (κ1) is 23.3. The second-order valence-corrected chi connectivity index (χ2v) is 9.12. The van der Waals surface area contributed by atoms with Gasteiger partial charge in [0.25, 0.3) is 0 Å². The summed E-state index contributed by atoms with van der Waals surface area (Å²) >= 11 is 6.06. The van der Waals surface area contributed by atoms with Crippen LogP contribution in [-0.4, -0.2) is 39.8 Å². The summed E-state index contributed by atoms with van der Waals surface area (Å²) in [7, 11) is 0. The van der Waals surface area contributed by atoms with Crippen LogP contribution in [0.3, 0.4) is 0 Å². The predicted molar refractivity (Wildman–Crippen MR) is 129 cm³/mol. The zero-order chi connectivity index (χ0) is 23.4. The van der Waals surface area contributed by atoms with Crippen molar-refractivity contribution in [2.75, 3.05) is 13.2 Å². The molecule has 1 aliphatic rings.